The summed E-state index contributed by atoms with van der Waals surface area (Å²) in [6.07, 6.45) is 5.22. The van der Waals surface area contributed by atoms with Crippen molar-refractivity contribution in [3.63, 3.8) is 0 Å². The molecule has 1 heteroatoms. The van der Waals surface area contributed by atoms with Crippen LogP contribution in [0.2, 0.25) is 0 Å². The Kier molecular flexibility index (Phi) is 6.63. The predicted octanol–water partition coefficient (Wildman–Crippen LogP) is 2.83. The highest BCUT2D eigenvalue weighted by atomic mass is 16.3. The van der Waals surface area contributed by atoms with Crippen LogP contribution in [0.25, 0.3) is 0 Å². The molecule has 0 aromatic heterocycles. The van der Waals surface area contributed by atoms with Gasteiger partial charge >= 0.3 is 0 Å². The van der Waals surface area contributed by atoms with Crippen LogP contribution >= 0.6 is 0 Å². The molecular formula is C10H22O. The van der Waals surface area contributed by atoms with Crippen LogP contribution in [-0.4, -0.2) is 11.7 Å². The maximum Gasteiger partial charge on any atom is 0.0459 e. The summed E-state index contributed by atoms with van der Waals surface area (Å²) >= 11 is 0. The van der Waals surface area contributed by atoms with Crippen LogP contribution in [0.15, 0.2) is 0 Å². The normalized spacial score (nSPS) is 16.4. The van der Waals surface area contributed by atoms with Crippen LogP contribution in [0, 0.1) is 11.8 Å². The zero-order valence-electron chi connectivity index (χ0n) is 8.14. The van der Waals surface area contributed by atoms with Gasteiger partial charge in [-0.3, -0.25) is 0 Å². The van der Waals surface area contributed by atoms with E-state index in [1.165, 1.54) is 25.7 Å². The minimum Gasteiger partial charge on any atom is -0.396 e. The molecule has 0 aromatic carbocycles. The van der Waals surface area contributed by atoms with Gasteiger partial charge in [0.05, 0.1) is 0 Å². The van der Waals surface area contributed by atoms with Crippen molar-refractivity contribution in [3.05, 3.63) is 0 Å². The highest BCUT2D eigenvalue weighted by Gasteiger charge is 2.09. The summed E-state index contributed by atoms with van der Waals surface area (Å²) < 4.78 is 0. The Labute approximate surface area is 70.8 Å². The molecule has 0 aliphatic rings. The largest absolute Gasteiger partial charge is 0.396 e. The molecule has 11 heavy (non-hydrogen) atoms. The van der Waals surface area contributed by atoms with E-state index in [1.807, 2.05) is 0 Å². The second kappa shape index (κ2) is 6.66. The lowest BCUT2D eigenvalue weighted by atomic mass is 9.91. The van der Waals surface area contributed by atoms with Crippen molar-refractivity contribution in [1.82, 2.24) is 0 Å². The standard InChI is InChI=1S/C10H22O/c1-4-5-6-7-9(2)10(3)8-11/h9-11H,4-8H2,1-3H3. The molecular weight excluding hydrogens is 136 g/mol. The van der Waals surface area contributed by atoms with E-state index >= 15 is 0 Å². The molecule has 0 aliphatic heterocycles. The monoisotopic (exact) mass is 158 g/mol. The zero-order valence-corrected chi connectivity index (χ0v) is 8.14. The SMILES string of the molecule is CCCCCC(C)C(C)CO. The Balaban J connectivity index is 3.28. The molecule has 68 valence electrons. The molecule has 0 saturated heterocycles. The van der Waals surface area contributed by atoms with Crippen LogP contribution in [0.3, 0.4) is 0 Å². The van der Waals surface area contributed by atoms with Gasteiger partial charge in [-0.25, -0.2) is 0 Å². The van der Waals surface area contributed by atoms with E-state index in [1.54, 1.807) is 0 Å². The van der Waals surface area contributed by atoms with Crippen LogP contribution in [0.1, 0.15) is 46.5 Å². The van der Waals surface area contributed by atoms with Gasteiger partial charge in [0.25, 0.3) is 0 Å². The van der Waals surface area contributed by atoms with E-state index in [0.29, 0.717) is 18.4 Å². The van der Waals surface area contributed by atoms with Gasteiger partial charge in [-0.05, 0) is 11.8 Å². The molecule has 0 saturated carbocycles. The summed E-state index contributed by atoms with van der Waals surface area (Å²) in [5.41, 5.74) is 0. The third-order valence-electron chi connectivity index (χ3n) is 2.52. The lowest BCUT2D eigenvalue weighted by Gasteiger charge is -2.16. The first-order valence-electron chi connectivity index (χ1n) is 4.83. The van der Waals surface area contributed by atoms with Gasteiger partial charge in [0.15, 0.2) is 0 Å². The first-order valence-corrected chi connectivity index (χ1v) is 4.83. The molecule has 0 spiro atoms. The summed E-state index contributed by atoms with van der Waals surface area (Å²) in [6, 6.07) is 0. The van der Waals surface area contributed by atoms with Crippen molar-refractivity contribution in [2.24, 2.45) is 11.8 Å². The van der Waals surface area contributed by atoms with Crippen molar-refractivity contribution in [2.45, 2.75) is 46.5 Å². The van der Waals surface area contributed by atoms with Crippen molar-refractivity contribution in [1.29, 1.82) is 0 Å². The van der Waals surface area contributed by atoms with Crippen LogP contribution in [-0.2, 0) is 0 Å². The lowest BCUT2D eigenvalue weighted by molar-refractivity contribution is 0.189. The van der Waals surface area contributed by atoms with Crippen LogP contribution in [0.4, 0.5) is 0 Å². The first kappa shape index (κ1) is 11.0. The Morgan fingerprint density at radius 2 is 1.73 bits per heavy atom. The molecule has 0 aromatic rings. The van der Waals surface area contributed by atoms with E-state index in [2.05, 4.69) is 20.8 Å². The fourth-order valence-electron chi connectivity index (χ4n) is 1.18. The summed E-state index contributed by atoms with van der Waals surface area (Å²) in [5.74, 6) is 1.17. The summed E-state index contributed by atoms with van der Waals surface area (Å²) in [5, 5.41) is 8.86. The third-order valence-corrected chi connectivity index (χ3v) is 2.52. The van der Waals surface area contributed by atoms with E-state index in [9.17, 15) is 0 Å². The maximum atomic E-state index is 8.86. The summed E-state index contributed by atoms with van der Waals surface area (Å²) in [6.45, 7) is 6.92. The molecule has 0 fully saturated rings. The molecule has 1 N–H and O–H groups in total. The van der Waals surface area contributed by atoms with E-state index < -0.39 is 0 Å². The predicted molar refractivity (Wildman–Crippen MR) is 49.6 cm³/mol. The molecule has 1 nitrogen and oxygen atoms in total. The van der Waals surface area contributed by atoms with Gasteiger partial charge < -0.3 is 5.11 Å². The molecule has 0 radical (unpaired) electrons. The lowest BCUT2D eigenvalue weighted by Crippen LogP contribution is -2.11. The molecule has 0 aliphatic carbocycles. The van der Waals surface area contributed by atoms with Gasteiger partial charge in [-0.2, -0.15) is 0 Å². The average molecular weight is 158 g/mol. The van der Waals surface area contributed by atoms with E-state index in [4.69, 9.17) is 5.11 Å². The van der Waals surface area contributed by atoms with Crippen LogP contribution < -0.4 is 0 Å². The Hall–Kier alpha value is -0.0400. The Bertz CT molecular complexity index is 80.9. The first-order chi connectivity index (χ1) is 5.22. The molecule has 0 heterocycles. The highest BCUT2D eigenvalue weighted by molar-refractivity contribution is 4.60. The van der Waals surface area contributed by atoms with Gasteiger partial charge in [-0.1, -0.05) is 46.5 Å². The highest BCUT2D eigenvalue weighted by Crippen LogP contribution is 2.17. The molecule has 0 amide bonds. The van der Waals surface area contributed by atoms with Gasteiger partial charge in [-0.15, -0.1) is 0 Å². The smallest absolute Gasteiger partial charge is 0.0459 e. The Morgan fingerprint density at radius 1 is 1.09 bits per heavy atom. The topological polar surface area (TPSA) is 20.2 Å². The second-order valence-electron chi connectivity index (χ2n) is 3.63. The quantitative estimate of drug-likeness (QED) is 0.589. The van der Waals surface area contributed by atoms with Crippen molar-refractivity contribution in [2.75, 3.05) is 6.61 Å². The fraction of sp³-hybridized carbons (Fsp3) is 1.00. The molecule has 0 bridgehead atoms. The van der Waals surface area contributed by atoms with E-state index in [-0.39, 0.29) is 0 Å². The van der Waals surface area contributed by atoms with Crippen molar-refractivity contribution in [3.8, 4) is 0 Å². The molecule has 2 unspecified atom stereocenters. The van der Waals surface area contributed by atoms with Crippen molar-refractivity contribution < 1.29 is 5.11 Å². The maximum absolute atomic E-state index is 8.86. The zero-order chi connectivity index (χ0) is 8.69. The van der Waals surface area contributed by atoms with Gasteiger partial charge in [0.2, 0.25) is 0 Å². The Morgan fingerprint density at radius 3 is 2.18 bits per heavy atom. The van der Waals surface area contributed by atoms with Crippen LogP contribution in [0.5, 0.6) is 0 Å². The van der Waals surface area contributed by atoms with Gasteiger partial charge in [0, 0.05) is 6.61 Å². The average Bonchev–Trinajstić information content (AvgIpc) is 2.03. The summed E-state index contributed by atoms with van der Waals surface area (Å²) in [7, 11) is 0. The number of aliphatic hydroxyl groups is 1. The minimum atomic E-state index is 0.341. The number of hydrogen-bond acceptors (Lipinski definition) is 1. The molecule has 0 rings (SSSR count). The number of hydrogen-bond donors (Lipinski definition) is 1. The van der Waals surface area contributed by atoms with Gasteiger partial charge in [0.1, 0.15) is 0 Å². The minimum absolute atomic E-state index is 0.341. The number of unbranched alkanes of at least 4 members (excludes halogenated alkanes) is 2. The summed E-state index contributed by atoms with van der Waals surface area (Å²) in [4.78, 5) is 0. The third kappa shape index (κ3) is 5.25. The van der Waals surface area contributed by atoms with E-state index in [0.717, 1.165) is 0 Å². The second-order valence-corrected chi connectivity index (χ2v) is 3.63. The number of aliphatic hydroxyl groups excluding tert-OH is 1. The number of rotatable bonds is 6. The fourth-order valence-corrected chi connectivity index (χ4v) is 1.18. The van der Waals surface area contributed by atoms with Crippen molar-refractivity contribution >= 4 is 0 Å². The molecule has 2 atom stereocenters.